The van der Waals surface area contributed by atoms with E-state index in [0.717, 1.165) is 17.0 Å². The largest absolute Gasteiger partial charge is 0.392 e. The Morgan fingerprint density at radius 3 is 2.44 bits per heavy atom. The normalized spacial score (nSPS) is 11.7. The Kier molecular flexibility index (Phi) is 4.66. The van der Waals surface area contributed by atoms with Crippen molar-refractivity contribution in [3.05, 3.63) is 64.8 Å². The maximum atomic E-state index is 11.6. The number of hydrogen-bond donors (Lipinski definition) is 2. The zero-order valence-electron chi connectivity index (χ0n) is 13.3. The topological polar surface area (TPSA) is 98.2 Å². The minimum atomic E-state index is -3.91. The average molecular weight is 378 g/mol. The SMILES string of the molecule is Cc1cc(-c2ccc(Cl)cc2)n(-c2ccc(S(N)(=O)=O)c(CO)c2)n1. The molecule has 6 nitrogen and oxygen atoms in total. The van der Waals surface area contributed by atoms with Crippen LogP contribution >= 0.6 is 11.6 Å². The first-order valence-electron chi connectivity index (χ1n) is 7.39. The number of aryl methyl sites for hydroxylation is 1. The summed E-state index contributed by atoms with van der Waals surface area (Å²) in [6.07, 6.45) is 0. The lowest BCUT2D eigenvalue weighted by Gasteiger charge is -2.11. The van der Waals surface area contributed by atoms with Crippen LogP contribution in [0.5, 0.6) is 0 Å². The van der Waals surface area contributed by atoms with Crippen molar-refractivity contribution in [3.8, 4) is 16.9 Å². The van der Waals surface area contributed by atoms with Crippen LogP contribution in [0.25, 0.3) is 16.9 Å². The lowest BCUT2D eigenvalue weighted by Crippen LogP contribution is -2.15. The van der Waals surface area contributed by atoms with E-state index >= 15 is 0 Å². The van der Waals surface area contributed by atoms with E-state index in [1.165, 1.54) is 6.07 Å². The van der Waals surface area contributed by atoms with Gasteiger partial charge in [-0.1, -0.05) is 23.7 Å². The summed E-state index contributed by atoms with van der Waals surface area (Å²) in [4.78, 5) is -0.101. The molecule has 0 fully saturated rings. The van der Waals surface area contributed by atoms with E-state index in [2.05, 4.69) is 5.10 Å². The Bertz CT molecular complexity index is 1030. The predicted molar refractivity (Wildman–Crippen MR) is 96.0 cm³/mol. The minimum Gasteiger partial charge on any atom is -0.392 e. The molecule has 130 valence electrons. The van der Waals surface area contributed by atoms with Crippen LogP contribution in [0.2, 0.25) is 5.02 Å². The first kappa shape index (κ1) is 17.6. The molecule has 3 rings (SSSR count). The summed E-state index contributed by atoms with van der Waals surface area (Å²) in [7, 11) is -3.91. The van der Waals surface area contributed by atoms with Crippen molar-refractivity contribution in [1.82, 2.24) is 9.78 Å². The third-order valence-corrected chi connectivity index (χ3v) is 5.00. The Morgan fingerprint density at radius 2 is 1.84 bits per heavy atom. The Balaban J connectivity index is 2.16. The average Bonchev–Trinajstić information content (AvgIpc) is 2.96. The van der Waals surface area contributed by atoms with E-state index in [9.17, 15) is 13.5 Å². The van der Waals surface area contributed by atoms with Gasteiger partial charge in [0.1, 0.15) is 0 Å². The number of sulfonamides is 1. The summed E-state index contributed by atoms with van der Waals surface area (Å²) >= 11 is 5.94. The molecule has 1 heterocycles. The van der Waals surface area contributed by atoms with Crippen molar-refractivity contribution >= 4 is 21.6 Å². The summed E-state index contributed by atoms with van der Waals surface area (Å²) in [5.41, 5.74) is 3.36. The van der Waals surface area contributed by atoms with Crippen LogP contribution in [0, 0.1) is 6.92 Å². The summed E-state index contributed by atoms with van der Waals surface area (Å²) in [6.45, 7) is 1.41. The van der Waals surface area contributed by atoms with Gasteiger partial charge in [0.2, 0.25) is 10.0 Å². The third kappa shape index (κ3) is 3.59. The van der Waals surface area contributed by atoms with Crippen LogP contribution in [0.1, 0.15) is 11.3 Å². The molecular formula is C17H16ClN3O3S. The predicted octanol–water partition coefficient (Wildman–Crippen LogP) is 2.64. The van der Waals surface area contributed by atoms with Crippen LogP contribution < -0.4 is 5.14 Å². The molecule has 0 bridgehead atoms. The number of primary sulfonamides is 1. The Hall–Kier alpha value is -2.19. The maximum Gasteiger partial charge on any atom is 0.238 e. The van der Waals surface area contributed by atoms with Gasteiger partial charge in [-0.2, -0.15) is 5.10 Å². The molecule has 0 radical (unpaired) electrons. The lowest BCUT2D eigenvalue weighted by molar-refractivity contribution is 0.278. The molecule has 0 amide bonds. The third-order valence-electron chi connectivity index (χ3n) is 3.74. The van der Waals surface area contributed by atoms with Gasteiger partial charge in [0, 0.05) is 10.6 Å². The molecule has 0 atom stereocenters. The van der Waals surface area contributed by atoms with Gasteiger partial charge >= 0.3 is 0 Å². The number of benzene rings is 2. The van der Waals surface area contributed by atoms with Crippen molar-refractivity contribution in [2.75, 3.05) is 0 Å². The van der Waals surface area contributed by atoms with E-state index in [1.807, 2.05) is 25.1 Å². The van der Waals surface area contributed by atoms with E-state index in [0.29, 0.717) is 10.7 Å². The second kappa shape index (κ2) is 6.61. The Morgan fingerprint density at radius 1 is 1.16 bits per heavy atom. The molecule has 0 aliphatic carbocycles. The van der Waals surface area contributed by atoms with Crippen molar-refractivity contribution in [1.29, 1.82) is 0 Å². The van der Waals surface area contributed by atoms with Gasteiger partial charge in [0.05, 0.1) is 28.6 Å². The summed E-state index contributed by atoms with van der Waals surface area (Å²) in [6, 6.07) is 13.8. The van der Waals surface area contributed by atoms with Gasteiger partial charge in [-0.05, 0) is 48.9 Å². The first-order chi connectivity index (χ1) is 11.8. The molecule has 0 aliphatic heterocycles. The molecule has 0 spiro atoms. The highest BCUT2D eigenvalue weighted by Crippen LogP contribution is 2.27. The molecule has 1 aromatic heterocycles. The van der Waals surface area contributed by atoms with Crippen LogP contribution in [-0.4, -0.2) is 23.3 Å². The van der Waals surface area contributed by atoms with Crippen LogP contribution in [0.3, 0.4) is 0 Å². The summed E-state index contributed by atoms with van der Waals surface area (Å²) < 4.78 is 24.9. The number of nitrogens with zero attached hydrogens (tertiary/aromatic N) is 2. The number of halogens is 1. The van der Waals surface area contributed by atoms with Crippen LogP contribution in [0.15, 0.2) is 53.4 Å². The zero-order valence-corrected chi connectivity index (χ0v) is 14.9. The smallest absolute Gasteiger partial charge is 0.238 e. The standard InChI is InChI=1S/C17H16ClN3O3S/c1-11-8-16(12-2-4-14(18)5-3-12)21(20-11)15-6-7-17(25(19,23)24)13(9-15)10-22/h2-9,22H,10H2,1H3,(H2,19,23,24). The molecular weight excluding hydrogens is 362 g/mol. The molecule has 25 heavy (non-hydrogen) atoms. The fraction of sp³-hybridized carbons (Fsp3) is 0.118. The van der Waals surface area contributed by atoms with Gasteiger partial charge < -0.3 is 5.11 Å². The van der Waals surface area contributed by atoms with E-state index in [4.69, 9.17) is 16.7 Å². The number of aliphatic hydroxyl groups is 1. The van der Waals surface area contributed by atoms with Crippen molar-refractivity contribution in [2.45, 2.75) is 18.4 Å². The molecule has 0 saturated carbocycles. The number of hydrogen-bond acceptors (Lipinski definition) is 4. The first-order valence-corrected chi connectivity index (χ1v) is 9.31. The number of aliphatic hydroxyl groups excluding tert-OH is 1. The van der Waals surface area contributed by atoms with Gasteiger partial charge in [-0.3, -0.25) is 0 Å². The molecule has 0 unspecified atom stereocenters. The number of nitrogens with two attached hydrogens (primary N) is 1. The van der Waals surface area contributed by atoms with Crippen LogP contribution in [-0.2, 0) is 16.6 Å². The highest BCUT2D eigenvalue weighted by atomic mass is 35.5. The summed E-state index contributed by atoms with van der Waals surface area (Å²) in [5.74, 6) is 0. The maximum absolute atomic E-state index is 11.6. The molecule has 3 N–H and O–H groups in total. The van der Waals surface area contributed by atoms with Crippen molar-refractivity contribution in [3.63, 3.8) is 0 Å². The number of rotatable bonds is 4. The lowest BCUT2D eigenvalue weighted by atomic mass is 10.1. The Labute approximate surface area is 150 Å². The molecule has 8 heteroatoms. The van der Waals surface area contributed by atoms with Gasteiger partial charge in [-0.25, -0.2) is 18.2 Å². The van der Waals surface area contributed by atoms with Crippen LogP contribution in [0.4, 0.5) is 0 Å². The molecule has 0 aliphatic rings. The van der Waals surface area contributed by atoms with E-state index in [-0.39, 0.29) is 10.5 Å². The minimum absolute atomic E-state index is 0.101. The molecule has 0 saturated heterocycles. The quantitative estimate of drug-likeness (QED) is 0.730. The number of aromatic nitrogens is 2. The van der Waals surface area contributed by atoms with E-state index < -0.39 is 16.6 Å². The molecule has 2 aromatic carbocycles. The second-order valence-electron chi connectivity index (χ2n) is 5.58. The zero-order chi connectivity index (χ0) is 18.2. The summed E-state index contributed by atoms with van der Waals surface area (Å²) in [5, 5.41) is 19.8. The van der Waals surface area contributed by atoms with E-state index in [1.54, 1.807) is 28.9 Å². The fourth-order valence-electron chi connectivity index (χ4n) is 2.62. The van der Waals surface area contributed by atoms with Crippen molar-refractivity contribution < 1.29 is 13.5 Å². The van der Waals surface area contributed by atoms with Gasteiger partial charge in [0.15, 0.2) is 0 Å². The van der Waals surface area contributed by atoms with Crippen molar-refractivity contribution in [2.24, 2.45) is 5.14 Å². The fourth-order valence-corrected chi connectivity index (χ4v) is 3.49. The van der Waals surface area contributed by atoms with Gasteiger partial charge in [-0.15, -0.1) is 0 Å². The monoisotopic (exact) mass is 377 g/mol. The second-order valence-corrected chi connectivity index (χ2v) is 7.55. The highest BCUT2D eigenvalue weighted by Gasteiger charge is 2.16. The molecule has 3 aromatic rings. The highest BCUT2D eigenvalue weighted by molar-refractivity contribution is 7.89. The van der Waals surface area contributed by atoms with Gasteiger partial charge in [0.25, 0.3) is 0 Å².